The number of nitrogens with zero attached hydrogens (tertiary/aromatic N) is 1. The van der Waals surface area contributed by atoms with E-state index in [-0.39, 0.29) is 22.9 Å². The van der Waals surface area contributed by atoms with Gasteiger partial charge >= 0.3 is 0 Å². The molecule has 0 saturated carbocycles. The van der Waals surface area contributed by atoms with Gasteiger partial charge in [0.2, 0.25) is 5.91 Å². The van der Waals surface area contributed by atoms with Gasteiger partial charge in [-0.3, -0.25) is 9.59 Å². The Kier molecular flexibility index (Phi) is 5.84. The highest BCUT2D eigenvalue weighted by atomic mass is 35.5. The Labute approximate surface area is 193 Å². The fourth-order valence-corrected chi connectivity index (χ4v) is 5.96. The summed E-state index contributed by atoms with van der Waals surface area (Å²) in [6, 6.07) is 3.79. The maximum atomic E-state index is 14.1. The van der Waals surface area contributed by atoms with Crippen molar-refractivity contribution in [3.05, 3.63) is 57.4 Å². The number of allylic oxidation sites excluding steroid dienone is 1. The van der Waals surface area contributed by atoms with Crippen molar-refractivity contribution in [1.29, 1.82) is 0 Å². The molecule has 0 bridgehead atoms. The summed E-state index contributed by atoms with van der Waals surface area (Å²) in [6.07, 6.45) is 8.65. The van der Waals surface area contributed by atoms with Crippen molar-refractivity contribution in [2.24, 2.45) is 5.41 Å². The zero-order chi connectivity index (χ0) is 22.3. The van der Waals surface area contributed by atoms with Crippen LogP contribution in [0.15, 0.2) is 41.0 Å². The number of amides is 2. The summed E-state index contributed by atoms with van der Waals surface area (Å²) in [6.45, 7) is 3.76. The van der Waals surface area contributed by atoms with Gasteiger partial charge in [-0.25, -0.2) is 4.39 Å². The van der Waals surface area contributed by atoms with Crippen LogP contribution in [0.3, 0.4) is 0 Å². The first-order valence-electron chi connectivity index (χ1n) is 11.6. The molecule has 2 heterocycles. The normalized spacial score (nSPS) is 24.5. The molecular formula is C25H29ClFN3O2. The number of hydrogen-bond donors (Lipinski definition) is 2. The first-order valence-corrected chi connectivity index (χ1v) is 12.0. The molecule has 2 saturated heterocycles. The van der Waals surface area contributed by atoms with E-state index in [4.69, 9.17) is 11.6 Å². The van der Waals surface area contributed by atoms with Crippen molar-refractivity contribution in [3.63, 3.8) is 0 Å². The van der Waals surface area contributed by atoms with Crippen LogP contribution in [-0.4, -0.2) is 48.9 Å². The molecule has 1 aromatic carbocycles. The molecule has 5 nitrogen and oxygen atoms in total. The van der Waals surface area contributed by atoms with Crippen molar-refractivity contribution >= 4 is 23.4 Å². The number of halogens is 2. The van der Waals surface area contributed by atoms with Crippen LogP contribution in [0.5, 0.6) is 0 Å². The number of hydrogen-bond acceptors (Lipinski definition) is 3. The molecule has 2 fully saturated rings. The monoisotopic (exact) mass is 457 g/mol. The summed E-state index contributed by atoms with van der Waals surface area (Å²) in [7, 11) is 0. The van der Waals surface area contributed by atoms with Crippen LogP contribution in [-0.2, 0) is 4.79 Å². The highest BCUT2D eigenvalue weighted by Gasteiger charge is 2.41. The summed E-state index contributed by atoms with van der Waals surface area (Å²) in [5.74, 6) is -0.914. The fraction of sp³-hybridized carbons (Fsp3) is 0.520. The van der Waals surface area contributed by atoms with E-state index in [1.807, 2.05) is 11.0 Å². The summed E-state index contributed by atoms with van der Waals surface area (Å²) in [5.41, 5.74) is 3.41. The number of piperidine rings is 1. The lowest BCUT2D eigenvalue weighted by Gasteiger charge is -2.34. The van der Waals surface area contributed by atoms with E-state index in [0.717, 1.165) is 82.3 Å². The Morgan fingerprint density at radius 3 is 2.78 bits per heavy atom. The number of rotatable bonds is 3. The summed E-state index contributed by atoms with van der Waals surface area (Å²) in [4.78, 5) is 28.1. The SMILES string of the molecule is O=C(NC1CCC2=C1C=C(C(=O)N1CCC3(CCNCC3)C1)CC2)c1cc(Cl)ccc1F. The fourth-order valence-electron chi connectivity index (χ4n) is 5.79. The molecule has 7 heteroatoms. The van der Waals surface area contributed by atoms with Crippen molar-refractivity contribution in [2.45, 2.75) is 51.0 Å². The molecule has 1 unspecified atom stereocenters. The molecule has 2 amide bonds. The lowest BCUT2D eigenvalue weighted by atomic mass is 9.78. The second-order valence-corrected chi connectivity index (χ2v) is 10.1. The number of carbonyl (C=O) groups excluding carboxylic acids is 2. The zero-order valence-corrected chi connectivity index (χ0v) is 18.9. The quantitative estimate of drug-likeness (QED) is 0.721. The molecule has 1 aromatic rings. The Hall–Kier alpha value is -2.18. The number of benzene rings is 1. The minimum Gasteiger partial charge on any atom is -0.345 e. The molecule has 4 aliphatic rings. The van der Waals surface area contributed by atoms with E-state index in [9.17, 15) is 14.0 Å². The van der Waals surface area contributed by atoms with Crippen molar-refractivity contribution in [2.75, 3.05) is 26.2 Å². The molecule has 0 radical (unpaired) electrons. The van der Waals surface area contributed by atoms with E-state index in [2.05, 4.69) is 10.6 Å². The van der Waals surface area contributed by atoms with Crippen molar-refractivity contribution in [3.8, 4) is 0 Å². The van der Waals surface area contributed by atoms with E-state index in [1.54, 1.807) is 0 Å². The van der Waals surface area contributed by atoms with E-state index < -0.39 is 11.7 Å². The number of carbonyl (C=O) groups is 2. The van der Waals surface area contributed by atoms with Gasteiger partial charge in [-0.05, 0) is 93.3 Å². The minimum absolute atomic E-state index is 0.0491. The van der Waals surface area contributed by atoms with E-state index in [0.29, 0.717) is 5.02 Å². The lowest BCUT2D eigenvalue weighted by molar-refractivity contribution is -0.126. The highest BCUT2D eigenvalue weighted by molar-refractivity contribution is 6.31. The highest BCUT2D eigenvalue weighted by Crippen LogP contribution is 2.41. The molecule has 0 aromatic heterocycles. The number of likely N-dealkylation sites (tertiary alicyclic amines) is 1. The summed E-state index contributed by atoms with van der Waals surface area (Å²) < 4.78 is 14.1. The largest absolute Gasteiger partial charge is 0.345 e. The molecular weight excluding hydrogens is 429 g/mol. The number of nitrogens with one attached hydrogen (secondary N) is 2. The Bertz CT molecular complexity index is 1010. The third-order valence-electron chi connectivity index (χ3n) is 7.69. The summed E-state index contributed by atoms with van der Waals surface area (Å²) in [5, 5.41) is 6.71. The van der Waals surface area contributed by atoms with Gasteiger partial charge in [-0.2, -0.15) is 0 Å². The van der Waals surface area contributed by atoms with Crippen LogP contribution in [0.2, 0.25) is 5.02 Å². The third kappa shape index (κ3) is 4.11. The predicted octanol–water partition coefficient (Wildman–Crippen LogP) is 3.99. The van der Waals surface area contributed by atoms with Crippen LogP contribution in [0.1, 0.15) is 55.3 Å². The third-order valence-corrected chi connectivity index (χ3v) is 7.92. The van der Waals surface area contributed by atoms with Crippen LogP contribution in [0.4, 0.5) is 4.39 Å². The van der Waals surface area contributed by atoms with Gasteiger partial charge in [0.25, 0.3) is 5.91 Å². The molecule has 5 rings (SSSR count). The molecule has 1 atom stereocenters. The summed E-state index contributed by atoms with van der Waals surface area (Å²) >= 11 is 5.95. The Morgan fingerprint density at radius 2 is 1.97 bits per heavy atom. The van der Waals surface area contributed by atoms with Gasteiger partial charge in [-0.15, -0.1) is 0 Å². The zero-order valence-electron chi connectivity index (χ0n) is 18.2. The van der Waals surface area contributed by atoms with Crippen molar-refractivity contribution < 1.29 is 14.0 Å². The first kappa shape index (κ1) is 21.7. The average molecular weight is 458 g/mol. The van der Waals surface area contributed by atoms with Gasteiger partial charge in [0, 0.05) is 23.7 Å². The van der Waals surface area contributed by atoms with Crippen LogP contribution in [0.25, 0.3) is 0 Å². The minimum atomic E-state index is -0.588. The molecule has 170 valence electrons. The van der Waals surface area contributed by atoms with Gasteiger partial charge in [0.15, 0.2) is 0 Å². The molecule has 1 spiro atoms. The maximum absolute atomic E-state index is 14.1. The van der Waals surface area contributed by atoms with Crippen molar-refractivity contribution in [1.82, 2.24) is 15.5 Å². The lowest BCUT2D eigenvalue weighted by Crippen LogP contribution is -2.40. The van der Waals surface area contributed by atoms with Crippen LogP contribution < -0.4 is 10.6 Å². The van der Waals surface area contributed by atoms with Crippen LogP contribution in [0, 0.1) is 11.2 Å². The van der Waals surface area contributed by atoms with E-state index >= 15 is 0 Å². The van der Waals surface area contributed by atoms with Gasteiger partial charge in [0.05, 0.1) is 11.6 Å². The van der Waals surface area contributed by atoms with Gasteiger partial charge < -0.3 is 15.5 Å². The molecule has 2 aliphatic heterocycles. The Balaban J connectivity index is 1.29. The second-order valence-electron chi connectivity index (χ2n) is 9.64. The molecule has 32 heavy (non-hydrogen) atoms. The van der Waals surface area contributed by atoms with Crippen LogP contribution >= 0.6 is 11.6 Å². The molecule has 2 N–H and O–H groups in total. The standard InChI is InChI=1S/C25H29ClFN3O2/c26-18-4-5-21(27)20(14-18)23(31)29-22-6-3-16-1-2-17(13-19(16)22)24(32)30-12-9-25(15-30)7-10-28-11-8-25/h4-5,13-14,22,28H,1-3,6-12,15H2,(H,29,31). The average Bonchev–Trinajstić information content (AvgIpc) is 3.39. The van der Waals surface area contributed by atoms with Gasteiger partial charge in [0.1, 0.15) is 5.82 Å². The predicted molar refractivity (Wildman–Crippen MR) is 122 cm³/mol. The van der Waals surface area contributed by atoms with Gasteiger partial charge in [-0.1, -0.05) is 17.2 Å². The second kappa shape index (κ2) is 8.64. The molecule has 2 aliphatic carbocycles. The smallest absolute Gasteiger partial charge is 0.254 e. The maximum Gasteiger partial charge on any atom is 0.254 e. The Morgan fingerprint density at radius 1 is 1.16 bits per heavy atom. The van der Waals surface area contributed by atoms with E-state index in [1.165, 1.54) is 23.8 Å². The first-order chi connectivity index (χ1) is 15.4. The topological polar surface area (TPSA) is 61.4 Å².